The number of hydrogen-bond acceptors (Lipinski definition) is 4. The van der Waals surface area contributed by atoms with Crippen molar-refractivity contribution in [1.29, 1.82) is 0 Å². The van der Waals surface area contributed by atoms with E-state index in [4.69, 9.17) is 0 Å². The Morgan fingerprint density at radius 2 is 2.40 bits per heavy atom. The van der Waals surface area contributed by atoms with Gasteiger partial charge in [-0.1, -0.05) is 0 Å². The number of carbonyl (C=O) groups excluding carboxylic acids is 1. The van der Waals surface area contributed by atoms with Gasteiger partial charge in [0.25, 0.3) is 0 Å². The monoisotopic (exact) mass is 211 g/mol. The molecular formula is C10H17N3O2. The Bertz CT molecular complexity index is 272. The highest BCUT2D eigenvalue weighted by molar-refractivity contribution is 5.71. The second-order valence-corrected chi connectivity index (χ2v) is 3.26. The van der Waals surface area contributed by atoms with E-state index in [0.29, 0.717) is 6.54 Å². The van der Waals surface area contributed by atoms with Gasteiger partial charge in [-0.25, -0.2) is 4.98 Å². The van der Waals surface area contributed by atoms with Crippen LogP contribution in [0.3, 0.4) is 0 Å². The standard InChI is InChI=1S/C10H17N3O2/c1-15-10(14)8-11-4-2-3-6-13-7-5-12-9-13/h5,7,9,11H,2-4,6,8H2,1H3. The Balaban J connectivity index is 1.91. The second-order valence-electron chi connectivity index (χ2n) is 3.26. The van der Waals surface area contributed by atoms with E-state index in [9.17, 15) is 4.79 Å². The number of aromatic nitrogens is 2. The zero-order chi connectivity index (χ0) is 10.9. The first-order valence-corrected chi connectivity index (χ1v) is 5.06. The van der Waals surface area contributed by atoms with Crippen molar-refractivity contribution >= 4 is 5.97 Å². The maximum Gasteiger partial charge on any atom is 0.319 e. The number of aryl methyl sites for hydroxylation is 1. The molecule has 0 aliphatic heterocycles. The first-order chi connectivity index (χ1) is 7.33. The van der Waals surface area contributed by atoms with Crippen LogP contribution in [0.1, 0.15) is 12.8 Å². The second kappa shape index (κ2) is 7.00. The van der Waals surface area contributed by atoms with E-state index in [0.717, 1.165) is 25.9 Å². The average Bonchev–Trinajstić information content (AvgIpc) is 2.75. The molecule has 5 nitrogen and oxygen atoms in total. The van der Waals surface area contributed by atoms with Crippen LogP contribution in [0.5, 0.6) is 0 Å². The van der Waals surface area contributed by atoms with Gasteiger partial charge in [0.1, 0.15) is 0 Å². The average molecular weight is 211 g/mol. The first kappa shape index (κ1) is 11.7. The summed E-state index contributed by atoms with van der Waals surface area (Å²) in [6.07, 6.45) is 7.64. The van der Waals surface area contributed by atoms with E-state index in [-0.39, 0.29) is 5.97 Å². The van der Waals surface area contributed by atoms with Crippen molar-refractivity contribution in [2.45, 2.75) is 19.4 Å². The van der Waals surface area contributed by atoms with E-state index in [1.54, 1.807) is 6.20 Å². The van der Waals surface area contributed by atoms with Crippen molar-refractivity contribution < 1.29 is 9.53 Å². The number of rotatable bonds is 7. The molecule has 1 aromatic heterocycles. The van der Waals surface area contributed by atoms with Crippen LogP contribution in [-0.2, 0) is 16.1 Å². The molecule has 0 bridgehead atoms. The SMILES string of the molecule is COC(=O)CNCCCCn1ccnc1. The maximum absolute atomic E-state index is 10.7. The summed E-state index contributed by atoms with van der Waals surface area (Å²) in [5, 5.41) is 3.02. The smallest absolute Gasteiger partial charge is 0.319 e. The third-order valence-corrected chi connectivity index (χ3v) is 2.08. The van der Waals surface area contributed by atoms with Gasteiger partial charge in [-0.2, -0.15) is 0 Å². The summed E-state index contributed by atoms with van der Waals surface area (Å²) in [6.45, 7) is 2.10. The lowest BCUT2D eigenvalue weighted by atomic mass is 10.3. The van der Waals surface area contributed by atoms with Gasteiger partial charge >= 0.3 is 5.97 Å². The Morgan fingerprint density at radius 3 is 3.07 bits per heavy atom. The van der Waals surface area contributed by atoms with E-state index in [2.05, 4.69) is 15.0 Å². The fourth-order valence-corrected chi connectivity index (χ4v) is 1.23. The molecule has 1 N–H and O–H groups in total. The minimum Gasteiger partial charge on any atom is -0.468 e. The van der Waals surface area contributed by atoms with Crippen molar-refractivity contribution in [3.63, 3.8) is 0 Å². The van der Waals surface area contributed by atoms with Crippen LogP contribution < -0.4 is 5.32 Å². The lowest BCUT2D eigenvalue weighted by Gasteiger charge is -2.03. The summed E-state index contributed by atoms with van der Waals surface area (Å²) < 4.78 is 6.54. The van der Waals surface area contributed by atoms with Crippen molar-refractivity contribution in [1.82, 2.24) is 14.9 Å². The number of carbonyl (C=O) groups is 1. The fraction of sp³-hybridized carbons (Fsp3) is 0.600. The number of ether oxygens (including phenoxy) is 1. The van der Waals surface area contributed by atoms with Crippen LogP contribution in [0.2, 0.25) is 0 Å². The summed E-state index contributed by atoms with van der Waals surface area (Å²) in [5.41, 5.74) is 0. The highest BCUT2D eigenvalue weighted by Gasteiger charge is 1.97. The molecule has 0 saturated carbocycles. The minimum absolute atomic E-state index is 0.218. The summed E-state index contributed by atoms with van der Waals surface area (Å²) in [6, 6.07) is 0. The predicted molar refractivity (Wildman–Crippen MR) is 56.3 cm³/mol. The van der Waals surface area contributed by atoms with Gasteiger partial charge in [0, 0.05) is 18.9 Å². The van der Waals surface area contributed by atoms with Gasteiger partial charge in [0.05, 0.1) is 20.0 Å². The van der Waals surface area contributed by atoms with Crippen LogP contribution in [0, 0.1) is 0 Å². The zero-order valence-corrected chi connectivity index (χ0v) is 8.98. The third-order valence-electron chi connectivity index (χ3n) is 2.08. The molecule has 0 aliphatic rings. The molecule has 0 unspecified atom stereocenters. The molecule has 0 saturated heterocycles. The van der Waals surface area contributed by atoms with E-state index < -0.39 is 0 Å². The molecule has 0 amide bonds. The molecule has 1 aromatic rings. The lowest BCUT2D eigenvalue weighted by molar-refractivity contribution is -0.139. The number of hydrogen-bond donors (Lipinski definition) is 1. The topological polar surface area (TPSA) is 56.1 Å². The van der Waals surface area contributed by atoms with E-state index >= 15 is 0 Å². The quantitative estimate of drug-likeness (QED) is 0.525. The summed E-state index contributed by atoms with van der Waals surface area (Å²) in [4.78, 5) is 14.7. The van der Waals surface area contributed by atoms with E-state index in [1.807, 2.05) is 17.1 Å². The third kappa shape index (κ3) is 5.17. The molecule has 1 heterocycles. The number of imidazole rings is 1. The minimum atomic E-state index is -0.218. The maximum atomic E-state index is 10.7. The number of nitrogens with one attached hydrogen (secondary N) is 1. The van der Waals surface area contributed by atoms with Gasteiger partial charge in [0.2, 0.25) is 0 Å². The van der Waals surface area contributed by atoms with Crippen molar-refractivity contribution in [2.24, 2.45) is 0 Å². The normalized spacial score (nSPS) is 10.2. The van der Waals surface area contributed by atoms with Gasteiger partial charge < -0.3 is 14.6 Å². The van der Waals surface area contributed by atoms with Gasteiger partial charge in [-0.15, -0.1) is 0 Å². The Morgan fingerprint density at radius 1 is 1.53 bits per heavy atom. The Kier molecular flexibility index (Phi) is 5.47. The largest absolute Gasteiger partial charge is 0.468 e. The van der Waals surface area contributed by atoms with Crippen molar-refractivity contribution in [3.05, 3.63) is 18.7 Å². The number of nitrogens with zero attached hydrogens (tertiary/aromatic N) is 2. The highest BCUT2D eigenvalue weighted by Crippen LogP contribution is 1.93. The van der Waals surface area contributed by atoms with Crippen molar-refractivity contribution in [2.75, 3.05) is 20.2 Å². The molecule has 5 heteroatoms. The molecule has 0 atom stereocenters. The number of unbranched alkanes of at least 4 members (excludes halogenated alkanes) is 1. The number of esters is 1. The number of methoxy groups -OCH3 is 1. The summed E-state index contributed by atoms with van der Waals surface area (Å²) in [5.74, 6) is -0.218. The van der Waals surface area contributed by atoms with Gasteiger partial charge in [-0.05, 0) is 19.4 Å². The van der Waals surface area contributed by atoms with Crippen molar-refractivity contribution in [3.8, 4) is 0 Å². The van der Waals surface area contributed by atoms with Crippen LogP contribution in [0.15, 0.2) is 18.7 Å². The van der Waals surface area contributed by atoms with Crippen LogP contribution in [-0.4, -0.2) is 35.7 Å². The summed E-state index contributed by atoms with van der Waals surface area (Å²) in [7, 11) is 1.39. The highest BCUT2D eigenvalue weighted by atomic mass is 16.5. The zero-order valence-electron chi connectivity index (χ0n) is 8.98. The molecule has 0 aliphatic carbocycles. The Hall–Kier alpha value is -1.36. The Labute approximate surface area is 89.4 Å². The van der Waals surface area contributed by atoms with Gasteiger partial charge in [0.15, 0.2) is 0 Å². The van der Waals surface area contributed by atoms with Crippen LogP contribution >= 0.6 is 0 Å². The molecule has 0 fully saturated rings. The molecule has 0 aromatic carbocycles. The molecule has 84 valence electrons. The predicted octanol–water partition coefficient (Wildman–Crippen LogP) is 0.426. The van der Waals surface area contributed by atoms with Gasteiger partial charge in [-0.3, -0.25) is 4.79 Å². The summed E-state index contributed by atoms with van der Waals surface area (Å²) >= 11 is 0. The molecule has 0 spiro atoms. The molecular weight excluding hydrogens is 194 g/mol. The molecule has 0 radical (unpaired) electrons. The first-order valence-electron chi connectivity index (χ1n) is 5.06. The van der Waals surface area contributed by atoms with E-state index in [1.165, 1.54) is 7.11 Å². The molecule has 15 heavy (non-hydrogen) atoms. The van der Waals surface area contributed by atoms with Crippen LogP contribution in [0.25, 0.3) is 0 Å². The molecule has 1 rings (SSSR count). The fourth-order valence-electron chi connectivity index (χ4n) is 1.23. The van der Waals surface area contributed by atoms with Crippen LogP contribution in [0.4, 0.5) is 0 Å². The lowest BCUT2D eigenvalue weighted by Crippen LogP contribution is -2.24.